The summed E-state index contributed by atoms with van der Waals surface area (Å²) in [5.41, 5.74) is 1.16. The van der Waals surface area contributed by atoms with Crippen LogP contribution in [0, 0.1) is 17.0 Å². The molecule has 0 aliphatic rings. The molecule has 2 aromatic rings. The van der Waals surface area contributed by atoms with Crippen molar-refractivity contribution in [3.63, 3.8) is 0 Å². The lowest BCUT2D eigenvalue weighted by Gasteiger charge is -2.07. The van der Waals surface area contributed by atoms with Gasteiger partial charge in [-0.05, 0) is 31.2 Å². The number of anilines is 2. The molecular weight excluding hydrogens is 262 g/mol. The van der Waals surface area contributed by atoms with Crippen LogP contribution in [0.2, 0.25) is 0 Å². The Labute approximate surface area is 114 Å². The van der Waals surface area contributed by atoms with Crippen molar-refractivity contribution in [1.82, 2.24) is 4.98 Å². The van der Waals surface area contributed by atoms with Gasteiger partial charge >= 0.3 is 5.97 Å². The van der Waals surface area contributed by atoms with Gasteiger partial charge in [-0.15, -0.1) is 0 Å². The quantitative estimate of drug-likeness (QED) is 0.655. The number of aromatic nitrogens is 1. The van der Waals surface area contributed by atoms with E-state index in [1.807, 2.05) is 6.92 Å². The lowest BCUT2D eigenvalue weighted by Crippen LogP contribution is -2.03. The van der Waals surface area contributed by atoms with Crippen molar-refractivity contribution in [2.45, 2.75) is 6.92 Å². The fraction of sp³-hybridized carbons (Fsp3) is 0.0769. The van der Waals surface area contributed by atoms with Gasteiger partial charge < -0.3 is 10.4 Å². The number of hydrogen-bond donors (Lipinski definition) is 2. The topological polar surface area (TPSA) is 105 Å². The minimum absolute atomic E-state index is 0.361. The number of aryl methyl sites for hydroxylation is 1. The molecule has 7 nitrogen and oxygen atoms in total. The number of aromatic carboxylic acids is 1. The first-order chi connectivity index (χ1) is 9.47. The highest BCUT2D eigenvalue weighted by molar-refractivity contribution is 5.93. The smallest absolute Gasteiger partial charge is 0.342 e. The molecule has 0 aliphatic carbocycles. The van der Waals surface area contributed by atoms with E-state index in [0.29, 0.717) is 11.4 Å². The van der Waals surface area contributed by atoms with E-state index in [2.05, 4.69) is 10.3 Å². The first-order valence-electron chi connectivity index (χ1n) is 5.69. The third-order valence-corrected chi connectivity index (χ3v) is 2.62. The number of rotatable bonds is 4. The van der Waals surface area contributed by atoms with Crippen LogP contribution in [0.25, 0.3) is 0 Å². The minimum atomic E-state index is -1.35. The summed E-state index contributed by atoms with van der Waals surface area (Å²) >= 11 is 0. The molecule has 2 N–H and O–H groups in total. The van der Waals surface area contributed by atoms with Crippen LogP contribution in [-0.4, -0.2) is 21.0 Å². The zero-order valence-electron chi connectivity index (χ0n) is 10.5. The Morgan fingerprint density at radius 2 is 2.00 bits per heavy atom. The van der Waals surface area contributed by atoms with Gasteiger partial charge in [0.2, 0.25) is 0 Å². The Bertz CT molecular complexity index is 668. The van der Waals surface area contributed by atoms with E-state index in [1.165, 1.54) is 12.1 Å². The molecular formula is C13H11N3O4. The number of nitrogens with one attached hydrogen (secondary N) is 1. The van der Waals surface area contributed by atoms with Gasteiger partial charge in [-0.3, -0.25) is 15.1 Å². The third-order valence-electron chi connectivity index (χ3n) is 2.62. The monoisotopic (exact) mass is 273 g/mol. The van der Waals surface area contributed by atoms with Crippen LogP contribution in [0.1, 0.15) is 16.1 Å². The van der Waals surface area contributed by atoms with Crippen molar-refractivity contribution in [3.05, 3.63) is 57.9 Å². The van der Waals surface area contributed by atoms with Crippen LogP contribution in [0.3, 0.4) is 0 Å². The number of pyridine rings is 1. The molecule has 0 saturated carbocycles. The van der Waals surface area contributed by atoms with Crippen LogP contribution >= 0.6 is 0 Å². The summed E-state index contributed by atoms with van der Waals surface area (Å²) in [5, 5.41) is 22.7. The van der Waals surface area contributed by atoms with Crippen LogP contribution in [-0.2, 0) is 0 Å². The molecule has 0 bridgehead atoms. The summed E-state index contributed by atoms with van der Waals surface area (Å²) in [4.78, 5) is 25.1. The number of benzene rings is 1. The molecule has 0 spiro atoms. The summed E-state index contributed by atoms with van der Waals surface area (Å²) in [7, 11) is 0. The predicted molar refractivity (Wildman–Crippen MR) is 72.3 cm³/mol. The molecule has 102 valence electrons. The zero-order chi connectivity index (χ0) is 14.7. The lowest BCUT2D eigenvalue weighted by molar-refractivity contribution is -0.385. The molecule has 20 heavy (non-hydrogen) atoms. The fourth-order valence-electron chi connectivity index (χ4n) is 1.65. The first-order valence-corrected chi connectivity index (χ1v) is 5.69. The molecule has 0 aliphatic heterocycles. The standard InChI is InChI=1S/C13H11N3O4/c1-8-2-3-10(7-14-8)15-9-4-5-12(16(19)20)11(6-9)13(17)18/h2-7,15H,1H3,(H,17,18). The molecule has 1 heterocycles. The molecule has 0 amide bonds. The van der Waals surface area contributed by atoms with Gasteiger partial charge in [0.25, 0.3) is 5.69 Å². The van der Waals surface area contributed by atoms with Gasteiger partial charge in [0.05, 0.1) is 16.8 Å². The van der Waals surface area contributed by atoms with Gasteiger partial charge in [-0.25, -0.2) is 4.79 Å². The average molecular weight is 273 g/mol. The van der Waals surface area contributed by atoms with E-state index in [-0.39, 0.29) is 5.56 Å². The van der Waals surface area contributed by atoms with Crippen molar-refractivity contribution in [2.75, 3.05) is 5.32 Å². The highest BCUT2D eigenvalue weighted by Crippen LogP contribution is 2.24. The van der Waals surface area contributed by atoms with E-state index in [9.17, 15) is 14.9 Å². The zero-order valence-corrected chi connectivity index (χ0v) is 10.5. The van der Waals surface area contributed by atoms with E-state index < -0.39 is 16.6 Å². The van der Waals surface area contributed by atoms with E-state index >= 15 is 0 Å². The van der Waals surface area contributed by atoms with Crippen molar-refractivity contribution in [3.8, 4) is 0 Å². The molecule has 2 rings (SSSR count). The van der Waals surface area contributed by atoms with Gasteiger partial charge in [0.15, 0.2) is 0 Å². The largest absolute Gasteiger partial charge is 0.477 e. The van der Waals surface area contributed by atoms with Gasteiger partial charge in [-0.2, -0.15) is 0 Å². The van der Waals surface area contributed by atoms with Crippen LogP contribution in [0.5, 0.6) is 0 Å². The third kappa shape index (κ3) is 2.89. The molecule has 1 aromatic carbocycles. The van der Waals surface area contributed by atoms with Crippen molar-refractivity contribution in [2.24, 2.45) is 0 Å². The number of nitro groups is 1. The van der Waals surface area contributed by atoms with Gasteiger partial charge in [0, 0.05) is 17.4 Å². The number of carbonyl (C=O) groups is 1. The van der Waals surface area contributed by atoms with Crippen LogP contribution < -0.4 is 5.32 Å². The molecule has 7 heteroatoms. The number of nitro benzene ring substituents is 1. The summed E-state index contributed by atoms with van der Waals surface area (Å²) in [6, 6.07) is 7.41. The Hall–Kier alpha value is -2.96. The Kier molecular flexibility index (Phi) is 3.60. The van der Waals surface area contributed by atoms with Crippen molar-refractivity contribution in [1.29, 1.82) is 0 Å². The van der Waals surface area contributed by atoms with Crippen molar-refractivity contribution >= 4 is 23.0 Å². The molecule has 0 saturated heterocycles. The maximum absolute atomic E-state index is 11.0. The average Bonchev–Trinajstić information content (AvgIpc) is 2.41. The van der Waals surface area contributed by atoms with Crippen LogP contribution in [0.4, 0.5) is 17.1 Å². The number of nitrogens with zero attached hydrogens (tertiary/aromatic N) is 2. The summed E-state index contributed by atoms with van der Waals surface area (Å²) in [5.74, 6) is -1.35. The second-order valence-corrected chi connectivity index (χ2v) is 4.11. The van der Waals surface area contributed by atoms with Crippen LogP contribution in [0.15, 0.2) is 36.5 Å². The van der Waals surface area contributed by atoms with Gasteiger partial charge in [-0.1, -0.05) is 0 Å². The SMILES string of the molecule is Cc1ccc(Nc2ccc([N+](=O)[O-])c(C(=O)O)c2)cn1. The highest BCUT2D eigenvalue weighted by Gasteiger charge is 2.19. The maximum Gasteiger partial charge on any atom is 0.342 e. The Morgan fingerprint density at radius 1 is 1.30 bits per heavy atom. The number of carboxylic acids is 1. The predicted octanol–water partition coefficient (Wildman–Crippen LogP) is 2.74. The Morgan fingerprint density at radius 3 is 2.55 bits per heavy atom. The van der Waals surface area contributed by atoms with E-state index in [4.69, 9.17) is 5.11 Å². The molecule has 0 unspecified atom stereocenters. The minimum Gasteiger partial charge on any atom is -0.477 e. The second-order valence-electron chi connectivity index (χ2n) is 4.11. The lowest BCUT2D eigenvalue weighted by atomic mass is 10.1. The fourth-order valence-corrected chi connectivity index (χ4v) is 1.65. The highest BCUT2D eigenvalue weighted by atomic mass is 16.6. The molecule has 1 aromatic heterocycles. The van der Waals surface area contributed by atoms with Gasteiger partial charge in [0.1, 0.15) is 5.56 Å². The van der Waals surface area contributed by atoms with Crippen molar-refractivity contribution < 1.29 is 14.8 Å². The number of carboxylic acid groups (broad SMARTS) is 1. The second kappa shape index (κ2) is 5.35. The number of hydrogen-bond acceptors (Lipinski definition) is 5. The summed E-state index contributed by atoms with van der Waals surface area (Å²) in [6.45, 7) is 1.85. The molecule has 0 radical (unpaired) electrons. The normalized spacial score (nSPS) is 10.1. The Balaban J connectivity index is 2.34. The van der Waals surface area contributed by atoms with E-state index in [0.717, 1.165) is 11.8 Å². The molecule has 0 atom stereocenters. The maximum atomic E-state index is 11.0. The first kappa shape index (κ1) is 13.5. The molecule has 0 fully saturated rings. The summed E-state index contributed by atoms with van der Waals surface area (Å²) in [6.07, 6.45) is 1.59. The van der Waals surface area contributed by atoms with E-state index in [1.54, 1.807) is 18.3 Å². The summed E-state index contributed by atoms with van der Waals surface area (Å²) < 4.78 is 0.